The summed E-state index contributed by atoms with van der Waals surface area (Å²) >= 11 is 0. The van der Waals surface area contributed by atoms with Crippen LogP contribution in [-0.2, 0) is 14.3 Å². The Morgan fingerprint density at radius 2 is 2.10 bits per heavy atom. The van der Waals surface area contributed by atoms with Gasteiger partial charge in [-0.15, -0.1) is 0 Å². The third-order valence-corrected chi connectivity index (χ3v) is 2.71. The van der Waals surface area contributed by atoms with E-state index in [4.69, 9.17) is 20.9 Å². The molecule has 1 aromatic heterocycles. The first-order valence-electron chi connectivity index (χ1n) is 6.59. The van der Waals surface area contributed by atoms with Crippen molar-refractivity contribution < 1.29 is 14.3 Å². The lowest BCUT2D eigenvalue weighted by molar-refractivity contribution is -0.122. The van der Waals surface area contributed by atoms with Crippen molar-refractivity contribution in [2.24, 2.45) is 5.73 Å². The SMILES string of the molecule is NC(=O)COCCNc1nc(N)nc(N2CCOCC2)n1. The van der Waals surface area contributed by atoms with Gasteiger partial charge in [0.15, 0.2) is 0 Å². The zero-order valence-electron chi connectivity index (χ0n) is 11.6. The molecule has 0 unspecified atom stereocenters. The van der Waals surface area contributed by atoms with E-state index >= 15 is 0 Å². The number of carbonyl (C=O) groups excluding carboxylic acids is 1. The molecule has 1 saturated heterocycles. The number of ether oxygens (including phenoxy) is 2. The summed E-state index contributed by atoms with van der Waals surface area (Å²) in [5.41, 5.74) is 10.6. The number of rotatable bonds is 7. The smallest absolute Gasteiger partial charge is 0.243 e. The van der Waals surface area contributed by atoms with Crippen LogP contribution in [0.4, 0.5) is 17.8 Å². The zero-order chi connectivity index (χ0) is 15.1. The first-order valence-corrected chi connectivity index (χ1v) is 6.59. The number of hydrogen-bond donors (Lipinski definition) is 3. The van der Waals surface area contributed by atoms with Crippen molar-refractivity contribution in [1.29, 1.82) is 0 Å². The van der Waals surface area contributed by atoms with Gasteiger partial charge in [-0.25, -0.2) is 0 Å². The fourth-order valence-electron chi connectivity index (χ4n) is 1.77. The molecule has 0 aliphatic carbocycles. The highest BCUT2D eigenvalue weighted by Crippen LogP contribution is 2.13. The highest BCUT2D eigenvalue weighted by atomic mass is 16.5. The molecule has 0 spiro atoms. The maximum atomic E-state index is 10.5. The van der Waals surface area contributed by atoms with Gasteiger partial charge in [0.2, 0.25) is 23.8 Å². The molecule has 116 valence electrons. The van der Waals surface area contributed by atoms with Crippen molar-refractivity contribution in [1.82, 2.24) is 15.0 Å². The number of nitrogens with zero attached hydrogens (tertiary/aromatic N) is 4. The van der Waals surface area contributed by atoms with Crippen LogP contribution in [0.1, 0.15) is 0 Å². The average molecular weight is 297 g/mol. The van der Waals surface area contributed by atoms with E-state index in [0.717, 1.165) is 0 Å². The summed E-state index contributed by atoms with van der Waals surface area (Å²) < 4.78 is 10.3. The quantitative estimate of drug-likeness (QED) is 0.497. The predicted octanol–water partition coefficient (Wildman–Crippen LogP) is -1.80. The van der Waals surface area contributed by atoms with Crippen molar-refractivity contribution >= 4 is 23.8 Å². The minimum absolute atomic E-state index is 0.111. The predicted molar refractivity (Wildman–Crippen MR) is 75.8 cm³/mol. The molecule has 1 fully saturated rings. The first kappa shape index (κ1) is 15.2. The van der Waals surface area contributed by atoms with Crippen LogP contribution < -0.4 is 21.7 Å². The van der Waals surface area contributed by atoms with E-state index in [-0.39, 0.29) is 12.6 Å². The van der Waals surface area contributed by atoms with Crippen LogP contribution in [0.2, 0.25) is 0 Å². The molecule has 0 bridgehead atoms. The summed E-state index contributed by atoms with van der Waals surface area (Å²) in [6, 6.07) is 0. The molecule has 1 amide bonds. The molecule has 0 radical (unpaired) electrons. The second kappa shape index (κ2) is 7.55. The van der Waals surface area contributed by atoms with E-state index in [0.29, 0.717) is 51.4 Å². The van der Waals surface area contributed by atoms with Gasteiger partial charge >= 0.3 is 0 Å². The minimum atomic E-state index is -0.506. The molecular formula is C11H19N7O3. The summed E-state index contributed by atoms with van der Waals surface area (Å²) in [4.78, 5) is 24.9. The van der Waals surface area contributed by atoms with Crippen molar-refractivity contribution in [3.8, 4) is 0 Å². The Labute approximate surface area is 121 Å². The van der Waals surface area contributed by atoms with Crippen LogP contribution >= 0.6 is 0 Å². The van der Waals surface area contributed by atoms with Gasteiger partial charge in [-0.2, -0.15) is 15.0 Å². The number of anilines is 3. The Balaban J connectivity index is 1.87. The van der Waals surface area contributed by atoms with Crippen molar-refractivity contribution in [2.45, 2.75) is 0 Å². The largest absolute Gasteiger partial charge is 0.378 e. The zero-order valence-corrected chi connectivity index (χ0v) is 11.6. The Kier molecular flexibility index (Phi) is 5.46. The molecule has 2 heterocycles. The number of nitrogens with one attached hydrogen (secondary N) is 1. The van der Waals surface area contributed by atoms with Crippen LogP contribution in [0.25, 0.3) is 0 Å². The highest BCUT2D eigenvalue weighted by molar-refractivity contribution is 5.74. The Morgan fingerprint density at radius 3 is 2.81 bits per heavy atom. The van der Waals surface area contributed by atoms with E-state index in [1.807, 2.05) is 4.90 Å². The average Bonchev–Trinajstić information content (AvgIpc) is 2.47. The van der Waals surface area contributed by atoms with Gasteiger partial charge in [-0.05, 0) is 0 Å². The fraction of sp³-hybridized carbons (Fsp3) is 0.636. The van der Waals surface area contributed by atoms with Crippen LogP contribution in [0.3, 0.4) is 0 Å². The van der Waals surface area contributed by atoms with Crippen LogP contribution in [0.15, 0.2) is 0 Å². The number of nitrogen functional groups attached to an aromatic ring is 1. The molecular weight excluding hydrogens is 278 g/mol. The summed E-state index contributed by atoms with van der Waals surface area (Å²) in [5, 5.41) is 2.96. The lowest BCUT2D eigenvalue weighted by Gasteiger charge is -2.26. The molecule has 0 atom stereocenters. The second-order valence-corrected chi connectivity index (χ2v) is 4.36. The summed E-state index contributed by atoms with van der Waals surface area (Å²) in [6.07, 6.45) is 0. The summed E-state index contributed by atoms with van der Waals surface area (Å²) in [6.45, 7) is 3.32. The van der Waals surface area contributed by atoms with E-state index in [2.05, 4.69) is 20.3 Å². The number of nitrogens with two attached hydrogens (primary N) is 2. The lowest BCUT2D eigenvalue weighted by Crippen LogP contribution is -2.37. The molecule has 1 aromatic rings. The Hall–Kier alpha value is -2.20. The van der Waals surface area contributed by atoms with Gasteiger partial charge in [0, 0.05) is 19.6 Å². The number of amides is 1. The molecule has 5 N–H and O–H groups in total. The summed E-state index contributed by atoms with van der Waals surface area (Å²) in [5.74, 6) is 0.527. The monoisotopic (exact) mass is 297 g/mol. The van der Waals surface area contributed by atoms with Gasteiger partial charge in [-0.1, -0.05) is 0 Å². The van der Waals surface area contributed by atoms with Crippen LogP contribution in [0.5, 0.6) is 0 Å². The molecule has 10 heteroatoms. The number of carbonyl (C=O) groups is 1. The van der Waals surface area contributed by atoms with Crippen molar-refractivity contribution in [3.63, 3.8) is 0 Å². The number of aromatic nitrogens is 3. The molecule has 1 aliphatic heterocycles. The van der Waals surface area contributed by atoms with E-state index < -0.39 is 5.91 Å². The molecule has 1 aliphatic rings. The third-order valence-electron chi connectivity index (χ3n) is 2.71. The fourth-order valence-corrected chi connectivity index (χ4v) is 1.77. The molecule has 0 aromatic carbocycles. The van der Waals surface area contributed by atoms with Gasteiger partial charge in [0.1, 0.15) is 6.61 Å². The molecule has 10 nitrogen and oxygen atoms in total. The van der Waals surface area contributed by atoms with Gasteiger partial charge < -0.3 is 31.2 Å². The van der Waals surface area contributed by atoms with Crippen molar-refractivity contribution in [2.75, 3.05) is 62.0 Å². The lowest BCUT2D eigenvalue weighted by atomic mass is 10.4. The number of hydrogen-bond acceptors (Lipinski definition) is 9. The van der Waals surface area contributed by atoms with E-state index in [1.54, 1.807) is 0 Å². The molecule has 21 heavy (non-hydrogen) atoms. The van der Waals surface area contributed by atoms with Crippen molar-refractivity contribution in [3.05, 3.63) is 0 Å². The second-order valence-electron chi connectivity index (χ2n) is 4.36. The van der Waals surface area contributed by atoms with Gasteiger partial charge in [0.25, 0.3) is 0 Å². The normalized spacial score (nSPS) is 15.0. The maximum absolute atomic E-state index is 10.5. The van der Waals surface area contributed by atoms with Crippen LogP contribution in [-0.4, -0.2) is 66.9 Å². The number of primary amides is 1. The molecule has 2 rings (SSSR count). The van der Waals surface area contributed by atoms with E-state index in [1.165, 1.54) is 0 Å². The minimum Gasteiger partial charge on any atom is -0.378 e. The van der Waals surface area contributed by atoms with E-state index in [9.17, 15) is 4.79 Å². The topological polar surface area (TPSA) is 142 Å². The summed E-state index contributed by atoms with van der Waals surface area (Å²) in [7, 11) is 0. The van der Waals surface area contributed by atoms with Gasteiger partial charge in [-0.3, -0.25) is 4.79 Å². The standard InChI is InChI=1S/C11H19N7O3/c12-8(19)7-21-4-1-14-10-15-9(13)16-11(17-10)18-2-5-20-6-3-18/h1-7H2,(H2,12,19)(H3,13,14,15,16,17). The first-order chi connectivity index (χ1) is 10.1. The number of morpholine rings is 1. The third kappa shape index (κ3) is 5.00. The highest BCUT2D eigenvalue weighted by Gasteiger charge is 2.15. The Morgan fingerprint density at radius 1 is 1.33 bits per heavy atom. The molecule has 0 saturated carbocycles. The van der Waals surface area contributed by atoms with Gasteiger partial charge in [0.05, 0.1) is 19.8 Å². The Bertz CT molecular complexity index is 479. The van der Waals surface area contributed by atoms with Crippen LogP contribution in [0, 0.1) is 0 Å². The maximum Gasteiger partial charge on any atom is 0.243 e.